The number of allylic oxidation sites excluding steroid dienone is 2. The van der Waals surface area contributed by atoms with Crippen molar-refractivity contribution in [2.75, 3.05) is 0 Å². The quantitative estimate of drug-likeness (QED) is 0.220. The second-order valence-electron chi connectivity index (χ2n) is 12.0. The van der Waals surface area contributed by atoms with E-state index in [4.69, 9.17) is 0 Å². The molecule has 2 fully saturated rings. The zero-order chi connectivity index (χ0) is 29.8. The van der Waals surface area contributed by atoms with Gasteiger partial charge in [-0.25, -0.2) is 0 Å². The van der Waals surface area contributed by atoms with Gasteiger partial charge in [0.15, 0.2) is 0 Å². The fourth-order valence-corrected chi connectivity index (χ4v) is 5.30. The summed E-state index contributed by atoms with van der Waals surface area (Å²) in [5.74, 6) is 2.89. The lowest BCUT2D eigenvalue weighted by Crippen LogP contribution is -2.20. The first-order chi connectivity index (χ1) is 19.4. The Kier molecular flexibility index (Phi) is 18.6. The van der Waals surface area contributed by atoms with Gasteiger partial charge in [-0.1, -0.05) is 187 Å². The van der Waals surface area contributed by atoms with E-state index >= 15 is 0 Å². The molecule has 0 spiro atoms. The summed E-state index contributed by atoms with van der Waals surface area (Å²) in [6.07, 6.45) is 22.8. The second kappa shape index (κ2) is 20.7. The van der Waals surface area contributed by atoms with E-state index in [1.165, 1.54) is 99.3 Å². The molecule has 1 unspecified atom stereocenters. The molecular formula is C40H64. The van der Waals surface area contributed by atoms with Crippen LogP contribution in [0.5, 0.6) is 0 Å². The molecule has 1 atom stereocenters. The molecule has 0 aromatic heterocycles. The van der Waals surface area contributed by atoms with Crippen molar-refractivity contribution < 1.29 is 0 Å². The third kappa shape index (κ3) is 14.0. The van der Waals surface area contributed by atoms with Gasteiger partial charge in [0.25, 0.3) is 0 Å². The Hall–Kier alpha value is -2.08. The van der Waals surface area contributed by atoms with Crippen LogP contribution in [0.15, 0.2) is 67.3 Å². The summed E-state index contributed by atoms with van der Waals surface area (Å²) in [4.78, 5) is 0. The third-order valence-electron chi connectivity index (χ3n) is 9.02. The number of rotatable bonds is 13. The molecule has 0 bridgehead atoms. The lowest BCUT2D eigenvalue weighted by molar-refractivity contribution is 0.189. The summed E-state index contributed by atoms with van der Waals surface area (Å²) in [5.41, 5.74) is 5.92. The van der Waals surface area contributed by atoms with Crippen molar-refractivity contribution in [2.45, 2.75) is 138 Å². The van der Waals surface area contributed by atoms with E-state index in [2.05, 4.69) is 103 Å². The fourth-order valence-electron chi connectivity index (χ4n) is 5.30. The molecule has 0 heteroatoms. The van der Waals surface area contributed by atoms with Crippen LogP contribution in [0.1, 0.15) is 149 Å². The highest BCUT2D eigenvalue weighted by Gasteiger charge is 2.25. The molecule has 2 aliphatic rings. The van der Waals surface area contributed by atoms with Crippen LogP contribution in [0, 0.1) is 17.3 Å². The minimum absolute atomic E-state index is 0.648. The molecule has 2 aromatic carbocycles. The van der Waals surface area contributed by atoms with Crippen molar-refractivity contribution in [1.29, 1.82) is 0 Å². The first kappa shape index (κ1) is 35.9. The molecule has 0 amide bonds. The molecule has 40 heavy (non-hydrogen) atoms. The van der Waals surface area contributed by atoms with Gasteiger partial charge in [-0.3, -0.25) is 0 Å². The van der Waals surface area contributed by atoms with E-state index in [1.807, 2.05) is 19.9 Å². The Bertz CT molecular complexity index is 893. The minimum atomic E-state index is 0.648. The van der Waals surface area contributed by atoms with Gasteiger partial charge in [-0.05, 0) is 64.7 Å². The SMILES string of the molecule is C=C/C=C/c1ccc(-c2ccc(C3CC3)cc2)cc1.CC.CCC(C)CC(CC)(CC)CC.CCCCC1CC1. The minimum Gasteiger partial charge on any atom is -0.0991 e. The summed E-state index contributed by atoms with van der Waals surface area (Å²) < 4.78 is 0. The Morgan fingerprint density at radius 2 is 1.32 bits per heavy atom. The Morgan fingerprint density at radius 1 is 0.800 bits per heavy atom. The first-order valence-electron chi connectivity index (χ1n) is 16.9. The molecule has 2 saturated carbocycles. The van der Waals surface area contributed by atoms with E-state index in [0.717, 1.165) is 17.8 Å². The lowest BCUT2D eigenvalue weighted by atomic mass is 9.73. The maximum atomic E-state index is 3.68. The van der Waals surface area contributed by atoms with Crippen LogP contribution in [0.4, 0.5) is 0 Å². The first-order valence-corrected chi connectivity index (χ1v) is 16.9. The highest BCUT2D eigenvalue weighted by atomic mass is 14.3. The standard InChI is InChI=1S/C19H18.C12H26.C7H14.C2H6/c1-2-3-4-15-5-7-16(8-6-15)17-9-11-18(12-10-17)19-13-14-19;1-6-11(5)10-12(7-2,8-3)9-4;1-2-3-4-7-5-6-7;1-2/h2-12,19H,1,13-14H2;11H,6-10H2,1-5H3;7H,2-6H2,1H3;1-2H3/b4-3+;;;. The lowest BCUT2D eigenvalue weighted by Gasteiger charge is -2.33. The summed E-state index contributed by atoms with van der Waals surface area (Å²) in [6.45, 7) is 21.7. The molecule has 0 radical (unpaired) electrons. The summed E-state index contributed by atoms with van der Waals surface area (Å²) >= 11 is 0. The highest BCUT2D eigenvalue weighted by molar-refractivity contribution is 5.66. The van der Waals surface area contributed by atoms with Crippen molar-refractivity contribution in [3.8, 4) is 11.1 Å². The molecule has 4 rings (SSSR count). The Labute approximate surface area is 250 Å². The van der Waals surface area contributed by atoms with Crippen molar-refractivity contribution in [1.82, 2.24) is 0 Å². The topological polar surface area (TPSA) is 0 Å². The van der Waals surface area contributed by atoms with Gasteiger partial charge in [0.05, 0.1) is 0 Å². The molecule has 2 aliphatic carbocycles. The predicted octanol–water partition coefficient (Wildman–Crippen LogP) is 13.7. The Balaban J connectivity index is 0.000000326. The number of hydrogen-bond acceptors (Lipinski definition) is 0. The monoisotopic (exact) mass is 545 g/mol. The number of benzene rings is 2. The summed E-state index contributed by atoms with van der Waals surface area (Å²) in [7, 11) is 0. The Morgan fingerprint density at radius 3 is 1.73 bits per heavy atom. The molecule has 0 nitrogen and oxygen atoms in total. The van der Waals surface area contributed by atoms with Gasteiger partial charge >= 0.3 is 0 Å². The molecule has 0 saturated heterocycles. The van der Waals surface area contributed by atoms with Gasteiger partial charge < -0.3 is 0 Å². The zero-order valence-corrected chi connectivity index (χ0v) is 27.8. The van der Waals surface area contributed by atoms with Gasteiger partial charge in [0, 0.05) is 0 Å². The molecule has 0 heterocycles. The molecule has 224 valence electrons. The van der Waals surface area contributed by atoms with E-state index in [-0.39, 0.29) is 0 Å². The van der Waals surface area contributed by atoms with Crippen LogP contribution in [-0.4, -0.2) is 0 Å². The van der Waals surface area contributed by atoms with Crippen LogP contribution in [-0.2, 0) is 0 Å². The number of hydrogen-bond donors (Lipinski definition) is 0. The van der Waals surface area contributed by atoms with Gasteiger partial charge in [0.2, 0.25) is 0 Å². The van der Waals surface area contributed by atoms with E-state index in [9.17, 15) is 0 Å². The van der Waals surface area contributed by atoms with E-state index in [1.54, 1.807) is 6.08 Å². The van der Waals surface area contributed by atoms with Crippen molar-refractivity contribution in [3.63, 3.8) is 0 Å². The summed E-state index contributed by atoms with van der Waals surface area (Å²) in [5, 5.41) is 0. The largest absolute Gasteiger partial charge is 0.0991 e. The molecular weight excluding hydrogens is 480 g/mol. The summed E-state index contributed by atoms with van der Waals surface area (Å²) in [6, 6.07) is 17.7. The van der Waals surface area contributed by atoms with E-state index < -0.39 is 0 Å². The maximum Gasteiger partial charge on any atom is -0.0162 e. The fraction of sp³-hybridized carbons (Fsp3) is 0.600. The van der Waals surface area contributed by atoms with Crippen molar-refractivity contribution in [2.24, 2.45) is 17.3 Å². The van der Waals surface area contributed by atoms with E-state index in [0.29, 0.717) is 5.41 Å². The molecule has 2 aromatic rings. The van der Waals surface area contributed by atoms with Crippen LogP contribution in [0.2, 0.25) is 0 Å². The van der Waals surface area contributed by atoms with Crippen molar-refractivity contribution >= 4 is 6.08 Å². The maximum absolute atomic E-state index is 3.68. The van der Waals surface area contributed by atoms with Crippen LogP contribution >= 0.6 is 0 Å². The van der Waals surface area contributed by atoms with Crippen LogP contribution < -0.4 is 0 Å². The number of unbranched alkanes of at least 4 members (excludes halogenated alkanes) is 1. The van der Waals surface area contributed by atoms with Crippen molar-refractivity contribution in [3.05, 3.63) is 78.4 Å². The average molecular weight is 545 g/mol. The van der Waals surface area contributed by atoms with Crippen LogP contribution in [0.3, 0.4) is 0 Å². The average Bonchev–Trinajstić information content (AvgIpc) is 3.95. The predicted molar refractivity (Wildman–Crippen MR) is 184 cm³/mol. The van der Waals surface area contributed by atoms with Crippen LogP contribution in [0.25, 0.3) is 17.2 Å². The third-order valence-corrected chi connectivity index (χ3v) is 9.02. The zero-order valence-electron chi connectivity index (χ0n) is 27.8. The highest BCUT2D eigenvalue weighted by Crippen LogP contribution is 2.40. The van der Waals surface area contributed by atoms with Gasteiger partial charge in [-0.15, -0.1) is 0 Å². The second-order valence-corrected chi connectivity index (χ2v) is 12.0. The van der Waals surface area contributed by atoms with Gasteiger partial charge in [0.1, 0.15) is 0 Å². The normalized spacial score (nSPS) is 15.1. The molecule has 0 aliphatic heterocycles. The smallest absolute Gasteiger partial charge is 0.0162 e. The van der Waals surface area contributed by atoms with Gasteiger partial charge in [-0.2, -0.15) is 0 Å². The molecule has 0 N–H and O–H groups in total.